The molecule has 0 spiro atoms. The van der Waals surface area contributed by atoms with Gasteiger partial charge in [-0.25, -0.2) is 9.37 Å². The molecule has 4 rings (SSSR count). The van der Waals surface area contributed by atoms with Crippen molar-refractivity contribution in [1.29, 1.82) is 0 Å². The summed E-state index contributed by atoms with van der Waals surface area (Å²) in [5.41, 5.74) is 3.15. The van der Waals surface area contributed by atoms with Gasteiger partial charge in [-0.3, -0.25) is 4.79 Å². The summed E-state index contributed by atoms with van der Waals surface area (Å²) in [6.45, 7) is 3.70. The predicted molar refractivity (Wildman–Crippen MR) is 115 cm³/mol. The number of tetrazole rings is 1. The number of amides is 1. The Morgan fingerprint density at radius 3 is 2.67 bits per heavy atom. The van der Waals surface area contributed by atoms with Gasteiger partial charge in [-0.2, -0.15) is 4.68 Å². The fourth-order valence-electron chi connectivity index (χ4n) is 2.70. The summed E-state index contributed by atoms with van der Waals surface area (Å²) >= 11 is 3.27. The van der Waals surface area contributed by atoms with Crippen LogP contribution in [0.4, 0.5) is 10.1 Å². The second kappa shape index (κ2) is 8.72. The van der Waals surface area contributed by atoms with Crippen LogP contribution in [0.5, 0.6) is 0 Å². The first-order valence-electron chi connectivity index (χ1n) is 9.00. The maximum Gasteiger partial charge on any atom is 0.255 e. The fourth-order valence-corrected chi connectivity index (χ4v) is 4.51. The molecule has 0 aliphatic carbocycles. The Hall–Kier alpha value is -3.11. The number of aryl methyl sites for hydroxylation is 2. The van der Waals surface area contributed by atoms with Crippen molar-refractivity contribution in [3.05, 3.63) is 76.3 Å². The van der Waals surface area contributed by atoms with E-state index in [1.807, 2.05) is 24.4 Å². The number of carbonyl (C=O) groups excluding carboxylic acids is 1. The minimum absolute atomic E-state index is 0.0613. The van der Waals surface area contributed by atoms with Gasteiger partial charge in [0.05, 0.1) is 11.4 Å². The summed E-state index contributed by atoms with van der Waals surface area (Å²) in [6, 6.07) is 11.5. The smallest absolute Gasteiger partial charge is 0.255 e. The summed E-state index contributed by atoms with van der Waals surface area (Å²) in [4.78, 5) is 17.0. The van der Waals surface area contributed by atoms with Crippen molar-refractivity contribution >= 4 is 34.7 Å². The van der Waals surface area contributed by atoms with Gasteiger partial charge in [0.15, 0.2) is 5.82 Å². The molecular formula is C20H17FN6OS2. The molecule has 2 heterocycles. The topological polar surface area (TPSA) is 85.6 Å². The van der Waals surface area contributed by atoms with Crippen LogP contribution < -0.4 is 5.32 Å². The number of nitrogens with one attached hydrogen (secondary N) is 1. The lowest BCUT2D eigenvalue weighted by Gasteiger charge is -2.09. The van der Waals surface area contributed by atoms with E-state index in [1.54, 1.807) is 48.2 Å². The van der Waals surface area contributed by atoms with Crippen LogP contribution in [-0.4, -0.2) is 31.1 Å². The molecule has 10 heteroatoms. The monoisotopic (exact) mass is 440 g/mol. The minimum Gasteiger partial charge on any atom is -0.319 e. The van der Waals surface area contributed by atoms with E-state index in [1.165, 1.54) is 16.8 Å². The highest BCUT2D eigenvalue weighted by atomic mass is 32.2. The third-order valence-corrected chi connectivity index (χ3v) is 6.45. The van der Waals surface area contributed by atoms with Gasteiger partial charge in [0.2, 0.25) is 0 Å². The van der Waals surface area contributed by atoms with Crippen molar-refractivity contribution in [1.82, 2.24) is 25.2 Å². The molecule has 4 aromatic rings. The maximum atomic E-state index is 14.2. The summed E-state index contributed by atoms with van der Waals surface area (Å²) in [6.07, 6.45) is 0. The zero-order valence-electron chi connectivity index (χ0n) is 16.2. The van der Waals surface area contributed by atoms with Gasteiger partial charge >= 0.3 is 0 Å². The van der Waals surface area contributed by atoms with Crippen molar-refractivity contribution in [3.63, 3.8) is 0 Å². The fraction of sp³-hybridized carbons (Fsp3) is 0.150. The van der Waals surface area contributed by atoms with Gasteiger partial charge < -0.3 is 5.32 Å². The molecule has 0 saturated heterocycles. The predicted octanol–water partition coefficient (Wildman–Crippen LogP) is 4.42. The number of halogens is 1. The molecule has 0 bridgehead atoms. The Morgan fingerprint density at radius 1 is 1.20 bits per heavy atom. The lowest BCUT2D eigenvalue weighted by atomic mass is 10.1. The number of aromatic nitrogens is 5. The molecule has 0 radical (unpaired) electrons. The zero-order valence-corrected chi connectivity index (χ0v) is 17.8. The van der Waals surface area contributed by atoms with Gasteiger partial charge in [-0.05, 0) is 60.2 Å². The Bertz CT molecular complexity index is 1190. The standard InChI is InChI=1S/C20H17FN6OS2/c1-12-10-29-20(22-12)30-11-14-3-5-15(6-4-14)19(28)23-18-9-16(7-8-17(18)21)27-13(2)24-25-26-27/h3-10H,11H2,1-2H3,(H,23,28). The first kappa shape index (κ1) is 20.2. The summed E-state index contributed by atoms with van der Waals surface area (Å²) in [5, 5.41) is 15.9. The molecule has 1 N–H and O–H groups in total. The Morgan fingerprint density at radius 2 is 2.00 bits per heavy atom. The quantitative estimate of drug-likeness (QED) is 0.447. The lowest BCUT2D eigenvalue weighted by molar-refractivity contribution is 0.102. The molecule has 30 heavy (non-hydrogen) atoms. The SMILES string of the molecule is Cc1csc(SCc2ccc(C(=O)Nc3cc(-n4nnnc4C)ccc3F)cc2)n1. The highest BCUT2D eigenvalue weighted by Gasteiger charge is 2.12. The summed E-state index contributed by atoms with van der Waals surface area (Å²) in [5.74, 6) is 0.385. The number of carbonyl (C=O) groups is 1. The van der Waals surface area contributed by atoms with Crippen molar-refractivity contribution < 1.29 is 9.18 Å². The second-order valence-electron chi connectivity index (χ2n) is 6.50. The van der Waals surface area contributed by atoms with Crippen molar-refractivity contribution in [3.8, 4) is 5.69 Å². The van der Waals surface area contributed by atoms with Crippen LogP contribution in [0.15, 0.2) is 52.2 Å². The highest BCUT2D eigenvalue weighted by Crippen LogP contribution is 2.26. The number of rotatable bonds is 6. The Balaban J connectivity index is 1.44. The molecule has 0 saturated carbocycles. The number of thiazole rings is 1. The van der Waals surface area contributed by atoms with Crippen LogP contribution in [0.1, 0.15) is 27.4 Å². The number of hydrogen-bond acceptors (Lipinski definition) is 7. The Labute approximate surface area is 180 Å². The van der Waals surface area contributed by atoms with E-state index in [-0.39, 0.29) is 5.69 Å². The molecule has 0 aliphatic heterocycles. The summed E-state index contributed by atoms with van der Waals surface area (Å²) in [7, 11) is 0. The number of thioether (sulfide) groups is 1. The van der Waals surface area contributed by atoms with E-state index in [0.29, 0.717) is 17.1 Å². The van der Waals surface area contributed by atoms with Gasteiger partial charge in [-0.1, -0.05) is 23.9 Å². The van der Waals surface area contributed by atoms with E-state index in [0.717, 1.165) is 21.3 Å². The van der Waals surface area contributed by atoms with Crippen molar-refractivity contribution in [2.45, 2.75) is 23.9 Å². The van der Waals surface area contributed by atoms with Crippen LogP contribution in [-0.2, 0) is 5.75 Å². The van der Waals surface area contributed by atoms with Gasteiger partial charge in [0, 0.05) is 22.4 Å². The molecule has 0 fully saturated rings. The van der Waals surface area contributed by atoms with Crippen LogP contribution in [0.3, 0.4) is 0 Å². The average Bonchev–Trinajstić information content (AvgIpc) is 3.36. The Kier molecular flexibility index (Phi) is 5.86. The molecule has 7 nitrogen and oxygen atoms in total. The average molecular weight is 441 g/mol. The van der Waals surface area contributed by atoms with Gasteiger partial charge in [0.1, 0.15) is 10.2 Å². The molecule has 0 unspecified atom stereocenters. The van der Waals surface area contributed by atoms with E-state index >= 15 is 0 Å². The maximum absolute atomic E-state index is 14.2. The normalized spacial score (nSPS) is 10.9. The third kappa shape index (κ3) is 4.55. The first-order valence-corrected chi connectivity index (χ1v) is 10.9. The molecule has 1 amide bonds. The van der Waals surface area contributed by atoms with E-state index in [4.69, 9.17) is 0 Å². The molecule has 2 aromatic carbocycles. The lowest BCUT2D eigenvalue weighted by Crippen LogP contribution is -2.13. The van der Waals surface area contributed by atoms with Crippen molar-refractivity contribution in [2.24, 2.45) is 0 Å². The molecule has 2 aromatic heterocycles. The number of nitrogens with zero attached hydrogens (tertiary/aromatic N) is 5. The van der Waals surface area contributed by atoms with Crippen LogP contribution in [0.25, 0.3) is 5.69 Å². The number of anilines is 1. The van der Waals surface area contributed by atoms with Gasteiger partial charge in [-0.15, -0.1) is 16.4 Å². The van der Waals surface area contributed by atoms with Crippen LogP contribution in [0, 0.1) is 19.7 Å². The van der Waals surface area contributed by atoms with E-state index in [9.17, 15) is 9.18 Å². The van der Waals surface area contributed by atoms with Gasteiger partial charge in [0.25, 0.3) is 5.91 Å². The highest BCUT2D eigenvalue weighted by molar-refractivity contribution is 8.00. The van der Waals surface area contributed by atoms with E-state index in [2.05, 4.69) is 25.8 Å². The summed E-state index contributed by atoms with van der Waals surface area (Å²) < 4.78 is 16.7. The largest absolute Gasteiger partial charge is 0.319 e. The molecule has 0 atom stereocenters. The third-order valence-electron chi connectivity index (χ3n) is 4.24. The second-order valence-corrected chi connectivity index (χ2v) is 8.58. The van der Waals surface area contributed by atoms with E-state index < -0.39 is 11.7 Å². The van der Waals surface area contributed by atoms with Crippen LogP contribution >= 0.6 is 23.1 Å². The molecule has 0 aliphatic rings. The minimum atomic E-state index is -0.537. The van der Waals surface area contributed by atoms with Crippen LogP contribution in [0.2, 0.25) is 0 Å². The number of benzene rings is 2. The molecule has 152 valence electrons. The molecular weight excluding hydrogens is 423 g/mol. The first-order chi connectivity index (χ1) is 14.5. The number of hydrogen-bond donors (Lipinski definition) is 1. The zero-order chi connectivity index (χ0) is 21.1. The van der Waals surface area contributed by atoms with Crippen molar-refractivity contribution in [2.75, 3.05) is 5.32 Å².